The lowest BCUT2D eigenvalue weighted by Crippen LogP contribution is -2.50. The van der Waals surface area contributed by atoms with E-state index in [1.54, 1.807) is 36.4 Å². The Morgan fingerprint density at radius 3 is 2.42 bits per heavy atom. The number of nitrogens with zero attached hydrogens (tertiary/aromatic N) is 4. The van der Waals surface area contributed by atoms with E-state index in [9.17, 15) is 14.4 Å². The van der Waals surface area contributed by atoms with Crippen LogP contribution >= 0.6 is 0 Å². The van der Waals surface area contributed by atoms with Crippen molar-refractivity contribution in [2.45, 2.75) is 64.8 Å². The monoisotopic (exact) mass is 453 g/mol. The van der Waals surface area contributed by atoms with Crippen LogP contribution in [0, 0.1) is 6.92 Å². The van der Waals surface area contributed by atoms with Gasteiger partial charge in [-0.1, -0.05) is 30.3 Å². The largest absolute Gasteiger partial charge is 0.444 e. The minimum Gasteiger partial charge on any atom is -0.444 e. The number of aryl methyl sites for hydroxylation is 1. The van der Waals surface area contributed by atoms with E-state index in [1.807, 2.05) is 42.2 Å². The van der Waals surface area contributed by atoms with Crippen molar-refractivity contribution in [1.29, 1.82) is 0 Å². The van der Waals surface area contributed by atoms with Crippen LogP contribution < -0.4 is 5.32 Å². The number of fused-ring (bicyclic) bond motifs is 1. The van der Waals surface area contributed by atoms with Gasteiger partial charge in [0.05, 0.1) is 18.4 Å². The smallest absolute Gasteiger partial charge is 0.408 e. The number of rotatable bonds is 4. The maximum Gasteiger partial charge on any atom is 0.408 e. The van der Waals surface area contributed by atoms with E-state index in [1.165, 1.54) is 0 Å². The normalized spacial score (nSPS) is 17.6. The summed E-state index contributed by atoms with van der Waals surface area (Å²) in [7, 11) is 0. The molecule has 2 aliphatic heterocycles. The molecule has 1 atom stereocenters. The second kappa shape index (κ2) is 8.88. The lowest BCUT2D eigenvalue weighted by molar-refractivity contribution is -0.135. The molecule has 2 aliphatic rings. The summed E-state index contributed by atoms with van der Waals surface area (Å²) in [6, 6.07) is 8.37. The fraction of sp³-hybridized carbons (Fsp3) is 0.500. The molecule has 2 aromatic rings. The number of amides is 3. The summed E-state index contributed by atoms with van der Waals surface area (Å²) in [6.07, 6.45) is 2.48. The second-order valence-electron chi connectivity index (χ2n) is 9.59. The Labute approximate surface area is 193 Å². The third-order valence-corrected chi connectivity index (χ3v) is 6.04. The number of alkyl carbamates (subject to hydrolysis) is 1. The maximum absolute atomic E-state index is 13.4. The first-order valence-corrected chi connectivity index (χ1v) is 11.3. The lowest BCUT2D eigenvalue weighted by atomic mass is 10.0. The zero-order valence-electron chi connectivity index (χ0n) is 19.6. The molecule has 0 radical (unpaired) electrons. The molecule has 1 aromatic heterocycles. The van der Waals surface area contributed by atoms with Crippen LogP contribution in [0.15, 0.2) is 36.5 Å². The summed E-state index contributed by atoms with van der Waals surface area (Å²) in [6.45, 7) is 8.75. The summed E-state index contributed by atoms with van der Waals surface area (Å²) >= 11 is 0. The zero-order valence-corrected chi connectivity index (χ0v) is 19.6. The van der Waals surface area contributed by atoms with Gasteiger partial charge in [-0.15, -0.1) is 0 Å². The summed E-state index contributed by atoms with van der Waals surface area (Å²) in [5, 5.41) is 2.75. The van der Waals surface area contributed by atoms with Crippen molar-refractivity contribution in [3.63, 3.8) is 0 Å². The van der Waals surface area contributed by atoms with E-state index >= 15 is 0 Å². The number of benzene rings is 1. The molecule has 4 rings (SSSR count). The molecule has 0 aliphatic carbocycles. The number of piperidine rings is 1. The van der Waals surface area contributed by atoms with Crippen LogP contribution in [0.4, 0.5) is 9.59 Å². The topological polar surface area (TPSA) is 96.8 Å². The van der Waals surface area contributed by atoms with E-state index in [0.29, 0.717) is 43.9 Å². The first-order valence-electron chi connectivity index (χ1n) is 11.3. The molecule has 0 saturated carbocycles. The number of likely N-dealkylation sites (tertiary alicyclic amines) is 1. The van der Waals surface area contributed by atoms with Crippen molar-refractivity contribution in [2.75, 3.05) is 13.1 Å². The molecule has 0 spiro atoms. The molecule has 9 nitrogen and oxygen atoms in total. The van der Waals surface area contributed by atoms with E-state index in [0.717, 1.165) is 5.69 Å². The van der Waals surface area contributed by atoms with Crippen LogP contribution in [0.1, 0.15) is 56.7 Å². The first kappa shape index (κ1) is 22.8. The molecule has 3 amide bonds. The molecule has 1 saturated heterocycles. The highest BCUT2D eigenvalue weighted by Gasteiger charge is 2.38. The van der Waals surface area contributed by atoms with Gasteiger partial charge in [0.1, 0.15) is 17.5 Å². The quantitative estimate of drug-likeness (QED) is 0.767. The highest BCUT2D eigenvalue weighted by Crippen LogP contribution is 2.27. The predicted molar refractivity (Wildman–Crippen MR) is 121 cm³/mol. The van der Waals surface area contributed by atoms with Crippen LogP contribution in [0.5, 0.6) is 0 Å². The summed E-state index contributed by atoms with van der Waals surface area (Å²) in [5.74, 6) is 0.522. The molecule has 1 fully saturated rings. The molecule has 1 aromatic carbocycles. The molecule has 3 heterocycles. The van der Waals surface area contributed by atoms with Crippen molar-refractivity contribution in [2.24, 2.45) is 0 Å². The van der Waals surface area contributed by atoms with Gasteiger partial charge in [-0.25, -0.2) is 14.6 Å². The number of ether oxygens (including phenoxy) is 1. The number of hydrogen-bond donors (Lipinski definition) is 1. The average Bonchev–Trinajstić information content (AvgIpc) is 3.30. The molecular weight excluding hydrogens is 422 g/mol. The number of aromatic nitrogens is 2. The average molecular weight is 454 g/mol. The van der Waals surface area contributed by atoms with Gasteiger partial charge < -0.3 is 19.9 Å². The molecule has 33 heavy (non-hydrogen) atoms. The second-order valence-corrected chi connectivity index (χ2v) is 9.59. The minimum atomic E-state index is -0.833. The Hall–Kier alpha value is -3.36. The highest BCUT2D eigenvalue weighted by molar-refractivity contribution is 5.87. The van der Waals surface area contributed by atoms with Gasteiger partial charge in [-0.3, -0.25) is 9.36 Å². The number of carbonyl (C=O) groups excluding carboxylic acids is 3. The van der Waals surface area contributed by atoms with Gasteiger partial charge in [0, 0.05) is 19.1 Å². The van der Waals surface area contributed by atoms with Crippen LogP contribution in [0.3, 0.4) is 0 Å². The van der Waals surface area contributed by atoms with Gasteiger partial charge in [0.25, 0.3) is 0 Å². The van der Waals surface area contributed by atoms with E-state index < -0.39 is 17.7 Å². The number of nitrogens with one attached hydrogen (secondary N) is 1. The van der Waals surface area contributed by atoms with Crippen molar-refractivity contribution < 1.29 is 19.1 Å². The summed E-state index contributed by atoms with van der Waals surface area (Å²) < 4.78 is 7.04. The Bertz CT molecular complexity index is 1030. The van der Waals surface area contributed by atoms with Crippen LogP contribution in [0.25, 0.3) is 0 Å². The number of carbonyl (C=O) groups is 3. The van der Waals surface area contributed by atoms with Gasteiger partial charge >= 0.3 is 12.1 Å². The van der Waals surface area contributed by atoms with Crippen molar-refractivity contribution in [3.05, 3.63) is 53.6 Å². The third-order valence-electron chi connectivity index (χ3n) is 6.04. The Balaban J connectivity index is 1.42. The van der Waals surface area contributed by atoms with Crippen LogP contribution in [-0.2, 0) is 16.1 Å². The molecule has 9 heteroatoms. The predicted octanol–water partition coefficient (Wildman–Crippen LogP) is 3.23. The molecule has 0 bridgehead atoms. The Kier molecular flexibility index (Phi) is 6.14. The van der Waals surface area contributed by atoms with Gasteiger partial charge in [-0.2, -0.15) is 0 Å². The molecule has 1 N–H and O–H groups in total. The van der Waals surface area contributed by atoms with Crippen molar-refractivity contribution in [3.8, 4) is 0 Å². The molecule has 1 unspecified atom stereocenters. The number of hydrogen-bond acceptors (Lipinski definition) is 5. The number of imidazole rings is 1. The van der Waals surface area contributed by atoms with Gasteiger partial charge in [0.15, 0.2) is 0 Å². The SMILES string of the molecule is Cc1ncc2n1C(=O)N(C1CCN(C(=O)C(NC(=O)OC(C)(C)C)c3ccccc3)CC1)C2. The summed E-state index contributed by atoms with van der Waals surface area (Å²) in [4.78, 5) is 46.6. The highest BCUT2D eigenvalue weighted by atomic mass is 16.6. The fourth-order valence-corrected chi connectivity index (χ4v) is 4.46. The van der Waals surface area contributed by atoms with E-state index in [2.05, 4.69) is 10.3 Å². The zero-order chi connectivity index (χ0) is 23.8. The van der Waals surface area contributed by atoms with Crippen molar-refractivity contribution >= 4 is 18.0 Å². The van der Waals surface area contributed by atoms with Gasteiger partial charge in [-0.05, 0) is 46.1 Å². The summed E-state index contributed by atoms with van der Waals surface area (Å²) in [5.41, 5.74) is 0.941. The third kappa shape index (κ3) is 4.86. The Morgan fingerprint density at radius 2 is 1.82 bits per heavy atom. The Morgan fingerprint density at radius 1 is 1.15 bits per heavy atom. The van der Waals surface area contributed by atoms with Crippen molar-refractivity contribution in [1.82, 2.24) is 24.7 Å². The van der Waals surface area contributed by atoms with Gasteiger partial charge in [0.2, 0.25) is 5.91 Å². The van der Waals surface area contributed by atoms with Crippen LogP contribution in [-0.4, -0.2) is 62.1 Å². The standard InChI is InChI=1S/C24H31N5O4/c1-16-25-14-19-15-28(23(32)29(16)19)18-10-12-27(13-11-18)21(30)20(17-8-6-5-7-9-17)26-22(31)33-24(2,3)4/h5-9,14,18,20H,10-13,15H2,1-4H3,(H,26,31). The molecule has 176 valence electrons. The minimum absolute atomic E-state index is 0.0430. The van der Waals surface area contributed by atoms with Crippen LogP contribution in [0.2, 0.25) is 0 Å². The maximum atomic E-state index is 13.4. The van der Waals surface area contributed by atoms with E-state index in [4.69, 9.17) is 4.74 Å². The van der Waals surface area contributed by atoms with E-state index in [-0.39, 0.29) is 18.0 Å². The fourth-order valence-electron chi connectivity index (χ4n) is 4.46. The first-order chi connectivity index (χ1) is 15.6. The lowest BCUT2D eigenvalue weighted by Gasteiger charge is -2.37. The molecular formula is C24H31N5O4.